The summed E-state index contributed by atoms with van der Waals surface area (Å²) in [6, 6.07) is 10.6. The Hall–Kier alpha value is -2.82. The molecule has 0 radical (unpaired) electrons. The third kappa shape index (κ3) is 5.47. The van der Waals surface area contributed by atoms with E-state index in [-0.39, 0.29) is 5.91 Å². The average molecular weight is 312 g/mol. The third-order valence-corrected chi connectivity index (χ3v) is 2.94. The summed E-state index contributed by atoms with van der Waals surface area (Å²) in [7, 11) is 0. The molecule has 1 N–H and O–H groups in total. The normalized spacial score (nSPS) is 11.7. The molecule has 23 heavy (non-hydrogen) atoms. The Morgan fingerprint density at radius 2 is 2.09 bits per heavy atom. The van der Waals surface area contributed by atoms with Gasteiger partial charge in [-0.2, -0.15) is 5.10 Å². The summed E-state index contributed by atoms with van der Waals surface area (Å²) >= 11 is 0. The molecule has 1 heterocycles. The lowest BCUT2D eigenvalue weighted by molar-refractivity contribution is 0.0955. The van der Waals surface area contributed by atoms with E-state index in [1.165, 1.54) is 0 Å². The fourth-order valence-corrected chi connectivity index (χ4v) is 1.81. The van der Waals surface area contributed by atoms with E-state index in [1.54, 1.807) is 36.7 Å². The quantitative estimate of drug-likeness (QED) is 0.623. The Kier molecular flexibility index (Phi) is 6.17. The number of hydrogen-bond acceptors (Lipinski definition) is 4. The lowest BCUT2D eigenvalue weighted by atomic mass is 10.2. The highest BCUT2D eigenvalue weighted by atomic mass is 16.5. The molecule has 0 saturated heterocycles. The topological polar surface area (TPSA) is 63.8 Å². The molecule has 0 saturated carbocycles. The van der Waals surface area contributed by atoms with Crippen LogP contribution in [-0.4, -0.2) is 18.7 Å². The van der Waals surface area contributed by atoms with Crippen LogP contribution in [0.5, 0.6) is 5.75 Å². The molecular formula is C18H20N2O3. The summed E-state index contributed by atoms with van der Waals surface area (Å²) < 4.78 is 10.7. The number of carbonyl (C=O) groups excluding carboxylic acids is 1. The van der Waals surface area contributed by atoms with Crippen molar-refractivity contribution in [2.24, 2.45) is 5.10 Å². The molecule has 0 spiro atoms. The minimum atomic E-state index is -0.269. The number of furan rings is 1. The summed E-state index contributed by atoms with van der Waals surface area (Å²) in [4.78, 5) is 12.0. The predicted molar refractivity (Wildman–Crippen MR) is 90.5 cm³/mol. The van der Waals surface area contributed by atoms with Gasteiger partial charge in [-0.1, -0.05) is 6.92 Å². The van der Waals surface area contributed by atoms with Crippen molar-refractivity contribution in [2.45, 2.75) is 20.3 Å². The summed E-state index contributed by atoms with van der Waals surface area (Å²) in [5.41, 5.74) is 3.88. The van der Waals surface area contributed by atoms with Gasteiger partial charge >= 0.3 is 0 Å². The van der Waals surface area contributed by atoms with Crippen LogP contribution in [0.25, 0.3) is 6.08 Å². The van der Waals surface area contributed by atoms with Gasteiger partial charge in [0.15, 0.2) is 0 Å². The average Bonchev–Trinajstić information content (AvgIpc) is 3.06. The van der Waals surface area contributed by atoms with Gasteiger partial charge in [0.2, 0.25) is 0 Å². The summed E-state index contributed by atoms with van der Waals surface area (Å²) in [5, 5.41) is 3.93. The van der Waals surface area contributed by atoms with Crippen LogP contribution in [0.15, 0.2) is 57.8 Å². The molecular weight excluding hydrogens is 292 g/mol. The first kappa shape index (κ1) is 16.5. The van der Waals surface area contributed by atoms with Crippen molar-refractivity contribution in [3.63, 3.8) is 0 Å². The van der Waals surface area contributed by atoms with E-state index in [2.05, 4.69) is 10.5 Å². The number of hydrogen-bond donors (Lipinski definition) is 1. The molecule has 120 valence electrons. The first-order valence-corrected chi connectivity index (χ1v) is 7.47. The fraction of sp³-hybridized carbons (Fsp3) is 0.222. The van der Waals surface area contributed by atoms with Crippen LogP contribution in [-0.2, 0) is 0 Å². The molecule has 0 atom stereocenters. The van der Waals surface area contributed by atoms with E-state index < -0.39 is 0 Å². The van der Waals surface area contributed by atoms with E-state index in [0.29, 0.717) is 12.2 Å². The number of rotatable bonds is 7. The van der Waals surface area contributed by atoms with Gasteiger partial charge in [-0.15, -0.1) is 0 Å². The highest BCUT2D eigenvalue weighted by Gasteiger charge is 2.04. The van der Waals surface area contributed by atoms with Crippen molar-refractivity contribution in [3.8, 4) is 5.75 Å². The zero-order valence-corrected chi connectivity index (χ0v) is 13.3. The molecule has 1 aromatic carbocycles. The largest absolute Gasteiger partial charge is 0.494 e. The Labute approximate surface area is 135 Å². The maximum atomic E-state index is 12.0. The molecule has 0 aliphatic carbocycles. The van der Waals surface area contributed by atoms with E-state index >= 15 is 0 Å². The summed E-state index contributed by atoms with van der Waals surface area (Å²) in [6.45, 7) is 4.58. The maximum Gasteiger partial charge on any atom is 0.271 e. The van der Waals surface area contributed by atoms with Crippen molar-refractivity contribution >= 4 is 18.2 Å². The number of nitrogens with zero attached hydrogens (tertiary/aromatic N) is 1. The van der Waals surface area contributed by atoms with Crippen LogP contribution in [0.3, 0.4) is 0 Å². The number of amides is 1. The van der Waals surface area contributed by atoms with Crippen LogP contribution in [0, 0.1) is 0 Å². The Morgan fingerprint density at radius 3 is 2.74 bits per heavy atom. The van der Waals surface area contributed by atoms with Crippen molar-refractivity contribution in [3.05, 3.63) is 59.6 Å². The molecule has 0 bridgehead atoms. The number of hydrazone groups is 1. The molecule has 1 amide bonds. The van der Waals surface area contributed by atoms with E-state index in [9.17, 15) is 4.79 Å². The number of carbonyl (C=O) groups is 1. The van der Waals surface area contributed by atoms with Gasteiger partial charge in [0.05, 0.1) is 19.1 Å². The van der Waals surface area contributed by atoms with Crippen LogP contribution < -0.4 is 10.2 Å². The second-order valence-corrected chi connectivity index (χ2v) is 4.98. The summed E-state index contributed by atoms with van der Waals surface area (Å²) in [6.07, 6.45) is 5.95. The fourth-order valence-electron chi connectivity index (χ4n) is 1.81. The van der Waals surface area contributed by atoms with Gasteiger partial charge in [-0.3, -0.25) is 4.79 Å². The standard InChI is InChI=1S/C18H20N2O3/c1-3-10-22-16-8-6-15(7-9-16)18(21)20-19-13-14(2)12-17-5-4-11-23-17/h4-9,11-13H,3,10H2,1-2H3,(H,20,21). The van der Waals surface area contributed by atoms with E-state index in [0.717, 1.165) is 23.5 Å². The van der Waals surface area contributed by atoms with Gasteiger partial charge in [-0.25, -0.2) is 5.43 Å². The molecule has 2 aromatic rings. The first-order chi connectivity index (χ1) is 11.2. The van der Waals surface area contributed by atoms with Gasteiger partial charge in [0.1, 0.15) is 11.5 Å². The zero-order chi connectivity index (χ0) is 16.5. The molecule has 0 fully saturated rings. The second-order valence-electron chi connectivity index (χ2n) is 4.98. The van der Waals surface area contributed by atoms with Gasteiger partial charge in [0, 0.05) is 5.56 Å². The Bertz CT molecular complexity index is 671. The SMILES string of the molecule is CCCOc1ccc(C(=O)NN=CC(C)=Cc2ccco2)cc1. The van der Waals surface area contributed by atoms with Gasteiger partial charge in [0.25, 0.3) is 5.91 Å². The highest BCUT2D eigenvalue weighted by molar-refractivity contribution is 5.95. The number of ether oxygens (including phenoxy) is 1. The smallest absolute Gasteiger partial charge is 0.271 e. The van der Waals surface area contributed by atoms with E-state index in [1.807, 2.05) is 32.1 Å². The van der Waals surface area contributed by atoms with E-state index in [4.69, 9.17) is 9.15 Å². The van der Waals surface area contributed by atoms with Crippen molar-refractivity contribution in [2.75, 3.05) is 6.61 Å². The van der Waals surface area contributed by atoms with Gasteiger partial charge < -0.3 is 9.15 Å². The lowest BCUT2D eigenvalue weighted by Crippen LogP contribution is -2.17. The van der Waals surface area contributed by atoms with Crippen LogP contribution in [0.4, 0.5) is 0 Å². The molecule has 0 unspecified atom stereocenters. The van der Waals surface area contributed by atoms with Crippen LogP contribution >= 0.6 is 0 Å². The molecule has 5 heteroatoms. The molecule has 0 aliphatic heterocycles. The second kappa shape index (κ2) is 8.58. The molecule has 0 aliphatic rings. The zero-order valence-electron chi connectivity index (χ0n) is 13.3. The third-order valence-electron chi connectivity index (χ3n) is 2.94. The van der Waals surface area contributed by atoms with Crippen molar-refractivity contribution < 1.29 is 13.9 Å². The molecule has 5 nitrogen and oxygen atoms in total. The van der Waals surface area contributed by atoms with Crippen molar-refractivity contribution in [1.29, 1.82) is 0 Å². The van der Waals surface area contributed by atoms with Crippen LogP contribution in [0.2, 0.25) is 0 Å². The minimum absolute atomic E-state index is 0.269. The Morgan fingerprint density at radius 1 is 1.30 bits per heavy atom. The monoisotopic (exact) mass is 312 g/mol. The Balaban J connectivity index is 1.87. The number of benzene rings is 1. The lowest BCUT2D eigenvalue weighted by Gasteiger charge is -2.05. The predicted octanol–water partition coefficient (Wildman–Crippen LogP) is 3.89. The number of nitrogens with one attached hydrogen (secondary N) is 1. The van der Waals surface area contributed by atoms with Crippen LogP contribution in [0.1, 0.15) is 36.4 Å². The van der Waals surface area contributed by atoms with Gasteiger partial charge in [-0.05, 0) is 61.4 Å². The minimum Gasteiger partial charge on any atom is -0.494 e. The molecule has 1 aromatic heterocycles. The highest BCUT2D eigenvalue weighted by Crippen LogP contribution is 2.12. The number of allylic oxidation sites excluding steroid dienone is 1. The first-order valence-electron chi connectivity index (χ1n) is 7.47. The molecule has 2 rings (SSSR count). The maximum absolute atomic E-state index is 12.0. The summed E-state index contributed by atoms with van der Waals surface area (Å²) in [5.74, 6) is 1.22. The van der Waals surface area contributed by atoms with Crippen molar-refractivity contribution in [1.82, 2.24) is 5.43 Å².